The van der Waals surface area contributed by atoms with E-state index >= 15 is 0 Å². The van der Waals surface area contributed by atoms with E-state index in [4.69, 9.17) is 4.74 Å². The van der Waals surface area contributed by atoms with Crippen molar-refractivity contribution in [2.75, 3.05) is 19.8 Å². The van der Waals surface area contributed by atoms with Crippen molar-refractivity contribution in [2.45, 2.75) is 64.3 Å². The topological polar surface area (TPSA) is 47.0 Å². The Morgan fingerprint density at radius 1 is 1.09 bits per heavy atom. The molecule has 1 aliphatic carbocycles. The molecule has 4 heteroatoms. The summed E-state index contributed by atoms with van der Waals surface area (Å²) in [4.78, 5) is 7.74. The van der Waals surface area contributed by atoms with Crippen LogP contribution < -0.4 is 5.32 Å². The van der Waals surface area contributed by atoms with E-state index in [0.717, 1.165) is 30.9 Å². The van der Waals surface area contributed by atoms with E-state index in [1.165, 1.54) is 57.9 Å². The predicted octanol–water partition coefficient (Wildman–Crippen LogP) is 3.51. The first-order chi connectivity index (χ1) is 10.8. The van der Waals surface area contributed by atoms with Crippen LogP contribution in [0.1, 0.15) is 57.1 Å². The summed E-state index contributed by atoms with van der Waals surface area (Å²) in [7, 11) is 0. The molecule has 2 heterocycles. The van der Waals surface area contributed by atoms with Gasteiger partial charge < -0.3 is 10.1 Å². The van der Waals surface area contributed by atoms with Crippen LogP contribution in [0.3, 0.4) is 0 Å². The van der Waals surface area contributed by atoms with E-state index in [9.17, 15) is 0 Å². The van der Waals surface area contributed by atoms with Gasteiger partial charge in [0, 0.05) is 37.8 Å². The Kier molecular flexibility index (Phi) is 8.43. The van der Waals surface area contributed by atoms with Gasteiger partial charge in [-0.05, 0) is 38.6 Å². The van der Waals surface area contributed by atoms with Crippen LogP contribution in [-0.2, 0) is 4.74 Å². The number of hydrogen-bond acceptors (Lipinski definition) is 4. The number of hydrogen-bond donors (Lipinski definition) is 1. The lowest BCUT2D eigenvalue weighted by Gasteiger charge is -2.26. The molecule has 22 heavy (non-hydrogen) atoms. The van der Waals surface area contributed by atoms with Crippen molar-refractivity contribution in [1.82, 2.24) is 15.3 Å². The lowest BCUT2D eigenvalue weighted by atomic mass is 9.87. The first-order valence-corrected chi connectivity index (χ1v) is 8.88. The van der Waals surface area contributed by atoms with Crippen LogP contribution >= 0.6 is 0 Å². The first-order valence-electron chi connectivity index (χ1n) is 8.88. The summed E-state index contributed by atoms with van der Waals surface area (Å²) in [6.07, 6.45) is 16.3. The molecule has 1 saturated heterocycles. The van der Waals surface area contributed by atoms with Gasteiger partial charge in [-0.1, -0.05) is 32.1 Å². The van der Waals surface area contributed by atoms with E-state index in [1.807, 2.05) is 6.92 Å². The molecule has 124 valence electrons. The maximum absolute atomic E-state index is 5.36. The molecule has 1 N–H and O–H groups in total. The summed E-state index contributed by atoms with van der Waals surface area (Å²) in [5, 5.41) is 3.69. The normalized spacial score (nSPS) is 20.2. The fourth-order valence-corrected chi connectivity index (χ4v) is 3.24. The zero-order valence-electron chi connectivity index (χ0n) is 14.0. The third-order valence-corrected chi connectivity index (χ3v) is 4.62. The summed E-state index contributed by atoms with van der Waals surface area (Å²) in [6, 6.07) is 0.738. The Morgan fingerprint density at radius 2 is 1.86 bits per heavy atom. The quantitative estimate of drug-likeness (QED) is 0.924. The minimum Gasteiger partial charge on any atom is -0.381 e. The van der Waals surface area contributed by atoms with Gasteiger partial charge >= 0.3 is 0 Å². The molecule has 0 bridgehead atoms. The highest BCUT2D eigenvalue weighted by molar-refractivity contribution is 4.88. The molecule has 1 aromatic heterocycles. The third kappa shape index (κ3) is 7.32. The molecule has 0 aromatic carbocycles. The molecule has 0 amide bonds. The maximum atomic E-state index is 5.36. The second kappa shape index (κ2) is 10.7. The van der Waals surface area contributed by atoms with Gasteiger partial charge in [-0.15, -0.1) is 0 Å². The average Bonchev–Trinajstić information content (AvgIpc) is 2.58. The van der Waals surface area contributed by atoms with Crippen molar-refractivity contribution in [3.05, 3.63) is 24.3 Å². The molecule has 1 aliphatic heterocycles. The van der Waals surface area contributed by atoms with Crippen molar-refractivity contribution >= 4 is 0 Å². The number of rotatable bonds is 4. The Labute approximate surface area is 135 Å². The molecule has 0 radical (unpaired) electrons. The largest absolute Gasteiger partial charge is 0.381 e. The van der Waals surface area contributed by atoms with Gasteiger partial charge in [-0.25, -0.2) is 0 Å². The minimum absolute atomic E-state index is 0.738. The molecule has 3 rings (SSSR count). The van der Waals surface area contributed by atoms with Crippen molar-refractivity contribution in [3.63, 3.8) is 0 Å². The van der Waals surface area contributed by atoms with E-state index < -0.39 is 0 Å². The maximum Gasteiger partial charge on any atom is 0.0555 e. The van der Waals surface area contributed by atoms with Crippen LogP contribution in [0.25, 0.3) is 0 Å². The van der Waals surface area contributed by atoms with Crippen LogP contribution in [0.5, 0.6) is 0 Å². The summed E-state index contributed by atoms with van der Waals surface area (Å²) in [5.74, 6) is 1.02. The summed E-state index contributed by atoms with van der Waals surface area (Å²) < 4.78 is 5.36. The fraction of sp³-hybridized carbons (Fsp3) is 0.778. The molecule has 2 fully saturated rings. The minimum atomic E-state index is 0.738. The predicted molar refractivity (Wildman–Crippen MR) is 89.8 cm³/mol. The molecule has 0 spiro atoms. The zero-order valence-corrected chi connectivity index (χ0v) is 14.0. The highest BCUT2D eigenvalue weighted by Gasteiger charge is 2.15. The van der Waals surface area contributed by atoms with Crippen molar-refractivity contribution < 1.29 is 4.74 Å². The molecular weight excluding hydrogens is 274 g/mol. The van der Waals surface area contributed by atoms with Gasteiger partial charge in [0.25, 0.3) is 0 Å². The van der Waals surface area contributed by atoms with E-state index in [-0.39, 0.29) is 0 Å². The number of aryl methyl sites for hydroxylation is 1. The number of nitrogens with zero attached hydrogens (tertiary/aromatic N) is 2. The summed E-state index contributed by atoms with van der Waals surface area (Å²) >= 11 is 0. The number of nitrogens with one attached hydrogen (secondary N) is 1. The van der Waals surface area contributed by atoms with E-state index in [2.05, 4.69) is 15.3 Å². The Bertz CT molecular complexity index is 355. The Morgan fingerprint density at radius 3 is 2.45 bits per heavy atom. The zero-order chi connectivity index (χ0) is 15.5. The van der Waals surface area contributed by atoms with Crippen molar-refractivity contribution in [2.24, 2.45) is 5.92 Å². The van der Waals surface area contributed by atoms with Crippen LogP contribution in [0.2, 0.25) is 0 Å². The fourth-order valence-electron chi connectivity index (χ4n) is 3.24. The lowest BCUT2D eigenvalue weighted by molar-refractivity contribution is 0.0775. The average molecular weight is 305 g/mol. The summed E-state index contributed by atoms with van der Waals surface area (Å²) in [6.45, 7) is 5.06. The highest BCUT2D eigenvalue weighted by Crippen LogP contribution is 2.25. The van der Waals surface area contributed by atoms with Gasteiger partial charge in [-0.3, -0.25) is 9.97 Å². The van der Waals surface area contributed by atoms with Gasteiger partial charge in [0.2, 0.25) is 0 Å². The van der Waals surface area contributed by atoms with Gasteiger partial charge in [0.1, 0.15) is 0 Å². The smallest absolute Gasteiger partial charge is 0.0555 e. The number of ether oxygens (including phenoxy) is 1. The van der Waals surface area contributed by atoms with Crippen LogP contribution in [0.4, 0.5) is 0 Å². The number of aromatic nitrogens is 2. The standard InChI is InChI=1S/C13H25NO.C5H6N2/c1-2-4-12(5-3-1)6-9-14-13-7-10-15-11-8-13;1-5-4-6-2-3-7-5/h12-14H,1-11H2;2-4H,1H3. The van der Waals surface area contributed by atoms with Gasteiger partial charge in [-0.2, -0.15) is 0 Å². The van der Waals surface area contributed by atoms with Gasteiger partial charge in [0.15, 0.2) is 0 Å². The Hall–Kier alpha value is -1.00. The van der Waals surface area contributed by atoms with Crippen LogP contribution in [0, 0.1) is 12.8 Å². The van der Waals surface area contributed by atoms with Crippen molar-refractivity contribution in [1.29, 1.82) is 0 Å². The molecule has 2 aliphatic rings. The van der Waals surface area contributed by atoms with Gasteiger partial charge in [0.05, 0.1) is 5.69 Å². The molecule has 0 unspecified atom stereocenters. The first kappa shape index (κ1) is 17.4. The SMILES string of the molecule is C1CCC(CCNC2CCOCC2)CC1.Cc1cnccn1. The van der Waals surface area contributed by atoms with Crippen molar-refractivity contribution in [3.8, 4) is 0 Å². The van der Waals surface area contributed by atoms with Crippen LogP contribution in [0.15, 0.2) is 18.6 Å². The highest BCUT2D eigenvalue weighted by atomic mass is 16.5. The molecule has 1 saturated carbocycles. The summed E-state index contributed by atoms with van der Waals surface area (Å²) in [5.41, 5.74) is 0.961. The van der Waals surface area contributed by atoms with Crippen LogP contribution in [-0.4, -0.2) is 35.8 Å². The molecule has 0 atom stereocenters. The van der Waals surface area contributed by atoms with E-state index in [0.29, 0.717) is 0 Å². The third-order valence-electron chi connectivity index (χ3n) is 4.62. The Balaban J connectivity index is 0.000000211. The second-order valence-electron chi connectivity index (χ2n) is 6.48. The molecule has 1 aromatic rings. The molecular formula is C18H31N3O. The lowest BCUT2D eigenvalue weighted by Crippen LogP contribution is -2.36. The molecule has 4 nitrogen and oxygen atoms in total. The second-order valence-corrected chi connectivity index (χ2v) is 6.48. The van der Waals surface area contributed by atoms with E-state index in [1.54, 1.807) is 18.6 Å². The monoisotopic (exact) mass is 305 g/mol.